The van der Waals surface area contributed by atoms with Crippen LogP contribution in [0.5, 0.6) is 11.5 Å². The van der Waals surface area contributed by atoms with Crippen molar-refractivity contribution < 1.29 is 14.3 Å². The average molecular weight is 294 g/mol. The number of nitrogens with zero attached hydrogens (tertiary/aromatic N) is 2. The largest absolute Gasteiger partial charge is 0.493 e. The van der Waals surface area contributed by atoms with Crippen molar-refractivity contribution in [3.05, 3.63) is 28.8 Å². The molecule has 3 N–H and O–H groups in total. The van der Waals surface area contributed by atoms with Gasteiger partial charge in [0.25, 0.3) is 5.91 Å². The molecule has 0 atom stereocenters. The van der Waals surface area contributed by atoms with Crippen molar-refractivity contribution >= 4 is 22.4 Å². The zero-order valence-corrected chi connectivity index (χ0v) is 11.9. The number of hydrogen-bond donors (Lipinski definition) is 2. The molecule has 0 spiro atoms. The first-order valence-electron chi connectivity index (χ1n) is 5.72. The van der Waals surface area contributed by atoms with Gasteiger partial charge >= 0.3 is 0 Å². The molecular formula is C12H14N4O3S. The third kappa shape index (κ3) is 3.15. The topological polar surface area (TPSA) is 99.4 Å². The second-order valence-corrected chi connectivity index (χ2v) is 4.88. The van der Waals surface area contributed by atoms with Crippen LogP contribution in [-0.4, -0.2) is 30.3 Å². The lowest BCUT2D eigenvalue weighted by Gasteiger charge is -2.09. The van der Waals surface area contributed by atoms with E-state index in [1.807, 2.05) is 0 Å². The molecule has 0 saturated carbocycles. The third-order valence-electron chi connectivity index (χ3n) is 2.53. The molecule has 2 rings (SSSR count). The van der Waals surface area contributed by atoms with Crippen LogP contribution in [-0.2, 0) is 6.54 Å². The smallest absolute Gasteiger partial charge is 0.251 e. The van der Waals surface area contributed by atoms with Gasteiger partial charge in [0, 0.05) is 5.56 Å². The number of methoxy groups -OCH3 is 2. The first-order valence-corrected chi connectivity index (χ1v) is 6.53. The summed E-state index contributed by atoms with van der Waals surface area (Å²) in [7, 11) is 3.06. The maximum Gasteiger partial charge on any atom is 0.251 e. The minimum absolute atomic E-state index is 0.236. The molecule has 0 aliphatic carbocycles. The minimum atomic E-state index is -0.236. The fourth-order valence-electron chi connectivity index (χ4n) is 1.57. The van der Waals surface area contributed by atoms with E-state index < -0.39 is 0 Å². The predicted octanol–water partition coefficient (Wildman–Crippen LogP) is 1.07. The Bertz CT molecular complexity index is 614. The molecule has 0 unspecified atom stereocenters. The molecule has 0 bridgehead atoms. The molecule has 1 amide bonds. The SMILES string of the molecule is COc1ccc(C(=O)NCc2nnc(N)s2)cc1OC. The minimum Gasteiger partial charge on any atom is -0.493 e. The highest BCUT2D eigenvalue weighted by molar-refractivity contribution is 7.15. The zero-order chi connectivity index (χ0) is 14.5. The summed E-state index contributed by atoms with van der Waals surface area (Å²) in [6.45, 7) is 0.280. The Morgan fingerprint density at radius 3 is 2.65 bits per heavy atom. The summed E-state index contributed by atoms with van der Waals surface area (Å²) in [5.41, 5.74) is 5.94. The summed E-state index contributed by atoms with van der Waals surface area (Å²) in [6.07, 6.45) is 0. The van der Waals surface area contributed by atoms with Crippen LogP contribution in [0, 0.1) is 0 Å². The molecule has 20 heavy (non-hydrogen) atoms. The Balaban J connectivity index is 2.05. The average Bonchev–Trinajstić information content (AvgIpc) is 2.89. The van der Waals surface area contributed by atoms with Crippen molar-refractivity contribution in [1.29, 1.82) is 0 Å². The number of amides is 1. The van der Waals surface area contributed by atoms with Crippen LogP contribution in [0.25, 0.3) is 0 Å². The van der Waals surface area contributed by atoms with Gasteiger partial charge in [-0.25, -0.2) is 0 Å². The standard InChI is InChI=1S/C12H14N4O3S/c1-18-8-4-3-7(5-9(8)19-2)11(17)14-6-10-15-16-12(13)20-10/h3-5H,6H2,1-2H3,(H2,13,16)(H,14,17). The molecular weight excluding hydrogens is 280 g/mol. The van der Waals surface area contributed by atoms with E-state index in [2.05, 4.69) is 15.5 Å². The number of ether oxygens (including phenoxy) is 2. The monoisotopic (exact) mass is 294 g/mol. The maximum atomic E-state index is 12.0. The van der Waals surface area contributed by atoms with E-state index in [0.717, 1.165) is 0 Å². The van der Waals surface area contributed by atoms with E-state index in [9.17, 15) is 4.79 Å². The van der Waals surface area contributed by atoms with Gasteiger partial charge in [0.2, 0.25) is 5.13 Å². The number of hydrogen-bond acceptors (Lipinski definition) is 7. The van der Waals surface area contributed by atoms with Crippen LogP contribution < -0.4 is 20.5 Å². The number of rotatable bonds is 5. The summed E-state index contributed by atoms with van der Waals surface area (Å²) in [6, 6.07) is 4.95. The lowest BCUT2D eigenvalue weighted by atomic mass is 10.2. The third-order valence-corrected chi connectivity index (χ3v) is 3.28. The van der Waals surface area contributed by atoms with Gasteiger partial charge in [0.1, 0.15) is 5.01 Å². The molecule has 106 valence electrons. The lowest BCUT2D eigenvalue weighted by Crippen LogP contribution is -2.22. The molecule has 0 saturated heterocycles. The van der Waals surface area contributed by atoms with Crippen molar-refractivity contribution in [2.24, 2.45) is 0 Å². The van der Waals surface area contributed by atoms with Crippen LogP contribution in [0.1, 0.15) is 15.4 Å². The van der Waals surface area contributed by atoms with Gasteiger partial charge in [-0.15, -0.1) is 10.2 Å². The number of benzene rings is 1. The molecule has 0 fully saturated rings. The number of nitrogens with two attached hydrogens (primary N) is 1. The van der Waals surface area contributed by atoms with E-state index in [0.29, 0.717) is 27.2 Å². The van der Waals surface area contributed by atoms with Crippen LogP contribution in [0.2, 0.25) is 0 Å². The summed E-state index contributed by atoms with van der Waals surface area (Å²) in [4.78, 5) is 12.0. The molecule has 7 nitrogen and oxygen atoms in total. The van der Waals surface area contributed by atoms with Crippen LogP contribution in [0.4, 0.5) is 5.13 Å². The highest BCUT2D eigenvalue weighted by atomic mass is 32.1. The van der Waals surface area contributed by atoms with Gasteiger partial charge in [0.15, 0.2) is 11.5 Å². The van der Waals surface area contributed by atoms with Gasteiger partial charge in [-0.05, 0) is 18.2 Å². The van der Waals surface area contributed by atoms with E-state index in [1.165, 1.54) is 25.6 Å². The van der Waals surface area contributed by atoms with Crippen LogP contribution in [0.15, 0.2) is 18.2 Å². The number of nitrogens with one attached hydrogen (secondary N) is 1. The summed E-state index contributed by atoms with van der Waals surface area (Å²) >= 11 is 1.23. The Labute approximate surface area is 119 Å². The molecule has 0 radical (unpaired) electrons. The molecule has 0 aliphatic heterocycles. The summed E-state index contributed by atoms with van der Waals surface area (Å²) in [5, 5.41) is 11.3. The second kappa shape index (κ2) is 6.20. The van der Waals surface area contributed by atoms with Crippen LogP contribution >= 0.6 is 11.3 Å². The quantitative estimate of drug-likeness (QED) is 0.855. The highest BCUT2D eigenvalue weighted by Gasteiger charge is 2.11. The zero-order valence-electron chi connectivity index (χ0n) is 11.0. The number of carbonyl (C=O) groups excluding carboxylic acids is 1. The fourth-order valence-corrected chi connectivity index (χ4v) is 2.12. The molecule has 1 aromatic carbocycles. The van der Waals surface area contributed by atoms with Crippen molar-refractivity contribution in [3.63, 3.8) is 0 Å². The van der Waals surface area contributed by atoms with E-state index in [4.69, 9.17) is 15.2 Å². The van der Waals surface area contributed by atoms with Crippen molar-refractivity contribution in [3.8, 4) is 11.5 Å². The maximum absolute atomic E-state index is 12.0. The Morgan fingerprint density at radius 2 is 2.05 bits per heavy atom. The second-order valence-electron chi connectivity index (χ2n) is 3.79. The van der Waals surface area contributed by atoms with Crippen molar-refractivity contribution in [2.45, 2.75) is 6.54 Å². The van der Waals surface area contributed by atoms with E-state index in [1.54, 1.807) is 18.2 Å². The van der Waals surface area contributed by atoms with E-state index >= 15 is 0 Å². The van der Waals surface area contributed by atoms with Crippen LogP contribution in [0.3, 0.4) is 0 Å². The first-order chi connectivity index (χ1) is 9.63. The van der Waals surface area contributed by atoms with E-state index in [-0.39, 0.29) is 12.5 Å². The highest BCUT2D eigenvalue weighted by Crippen LogP contribution is 2.27. The van der Waals surface area contributed by atoms with Gasteiger partial charge in [-0.2, -0.15) is 0 Å². The van der Waals surface area contributed by atoms with Gasteiger partial charge in [-0.3, -0.25) is 4.79 Å². The Morgan fingerprint density at radius 1 is 1.30 bits per heavy atom. The predicted molar refractivity (Wildman–Crippen MR) is 75.0 cm³/mol. The molecule has 1 heterocycles. The number of nitrogen functional groups attached to an aromatic ring is 1. The van der Waals surface area contributed by atoms with Gasteiger partial charge < -0.3 is 20.5 Å². The lowest BCUT2D eigenvalue weighted by molar-refractivity contribution is 0.0950. The van der Waals surface area contributed by atoms with Crippen molar-refractivity contribution in [2.75, 3.05) is 20.0 Å². The van der Waals surface area contributed by atoms with Gasteiger partial charge in [-0.1, -0.05) is 11.3 Å². The van der Waals surface area contributed by atoms with Gasteiger partial charge in [0.05, 0.1) is 20.8 Å². The Kier molecular flexibility index (Phi) is 4.36. The first kappa shape index (κ1) is 14.1. The number of anilines is 1. The summed E-state index contributed by atoms with van der Waals surface area (Å²) < 4.78 is 10.3. The summed E-state index contributed by atoms with van der Waals surface area (Å²) in [5.74, 6) is 0.834. The molecule has 2 aromatic rings. The molecule has 1 aromatic heterocycles. The van der Waals surface area contributed by atoms with Crippen molar-refractivity contribution in [1.82, 2.24) is 15.5 Å². The number of aromatic nitrogens is 2. The molecule has 8 heteroatoms. The Hall–Kier alpha value is -2.35. The fraction of sp³-hybridized carbons (Fsp3) is 0.250. The normalized spacial score (nSPS) is 10.1. The molecule has 0 aliphatic rings. The number of carbonyl (C=O) groups is 1.